The third-order valence-electron chi connectivity index (χ3n) is 4.84. The molecule has 0 atom stereocenters. The summed E-state index contributed by atoms with van der Waals surface area (Å²) in [6.45, 7) is 4.37. The first-order chi connectivity index (χ1) is 14.2. The van der Waals surface area contributed by atoms with Crippen molar-refractivity contribution in [3.63, 3.8) is 0 Å². The van der Waals surface area contributed by atoms with Crippen molar-refractivity contribution in [2.24, 2.45) is 0 Å². The number of pyridine rings is 1. The molecule has 4 rings (SSSR count). The third kappa shape index (κ3) is 5.44. The molecule has 1 aliphatic rings. The molecule has 0 N–H and O–H groups in total. The monoisotopic (exact) mass is 471 g/mol. The largest absolute Gasteiger partial charge is 0.439 e. The number of halogens is 1. The molecule has 7 heteroatoms. The van der Waals surface area contributed by atoms with Crippen LogP contribution >= 0.6 is 27.3 Å². The van der Waals surface area contributed by atoms with Gasteiger partial charge in [0.25, 0.3) is 5.91 Å². The molecule has 2 aromatic heterocycles. The average molecular weight is 472 g/mol. The molecule has 1 amide bonds. The van der Waals surface area contributed by atoms with Crippen LogP contribution in [0.3, 0.4) is 0 Å². The van der Waals surface area contributed by atoms with Crippen LogP contribution in [0.2, 0.25) is 0 Å². The first-order valence-electron chi connectivity index (χ1n) is 9.61. The summed E-state index contributed by atoms with van der Waals surface area (Å²) in [5.41, 5.74) is 0.596. The van der Waals surface area contributed by atoms with E-state index in [1.54, 1.807) is 29.7 Å². The minimum Gasteiger partial charge on any atom is -0.439 e. The molecule has 0 saturated carbocycles. The van der Waals surface area contributed by atoms with E-state index in [0.29, 0.717) is 17.2 Å². The number of hydrogen-bond donors (Lipinski definition) is 0. The third-order valence-corrected chi connectivity index (χ3v) is 6.19. The van der Waals surface area contributed by atoms with E-state index in [1.165, 1.54) is 4.88 Å². The maximum Gasteiger partial charge on any atom is 0.255 e. The zero-order valence-electron chi connectivity index (χ0n) is 16.0. The zero-order chi connectivity index (χ0) is 20.1. The van der Waals surface area contributed by atoms with Gasteiger partial charge in [-0.15, -0.1) is 11.3 Å². The second kappa shape index (κ2) is 9.52. The fourth-order valence-corrected chi connectivity index (χ4v) is 4.48. The van der Waals surface area contributed by atoms with Crippen LogP contribution in [0.4, 0.5) is 0 Å². The number of aromatic nitrogens is 1. The van der Waals surface area contributed by atoms with E-state index in [-0.39, 0.29) is 5.91 Å². The van der Waals surface area contributed by atoms with Gasteiger partial charge in [0, 0.05) is 54.3 Å². The number of ether oxygens (including phenoxy) is 1. The molecule has 0 radical (unpaired) electrons. The second-order valence-electron chi connectivity index (χ2n) is 6.95. The van der Waals surface area contributed by atoms with Gasteiger partial charge in [0.1, 0.15) is 5.75 Å². The first-order valence-corrected chi connectivity index (χ1v) is 11.3. The van der Waals surface area contributed by atoms with Crippen molar-refractivity contribution in [1.82, 2.24) is 14.8 Å². The standard InChI is InChI=1S/C22H22BrN3O2S/c23-18-4-1-5-19(14-18)28-21-8-7-17(15-24-21)22(27)26-10-3-9-25(11-12-26)16-20-6-2-13-29-20/h1-2,4-8,13-15H,3,9-12,16H2. The first kappa shape index (κ1) is 20.1. The highest BCUT2D eigenvalue weighted by atomic mass is 79.9. The SMILES string of the molecule is O=C(c1ccc(Oc2cccc(Br)c2)nc1)N1CCCN(Cc2cccs2)CC1. The van der Waals surface area contributed by atoms with Crippen LogP contribution in [-0.4, -0.2) is 46.9 Å². The van der Waals surface area contributed by atoms with Gasteiger partial charge in [0.05, 0.1) is 5.56 Å². The Hall–Kier alpha value is -2.22. The van der Waals surface area contributed by atoms with Crippen molar-refractivity contribution in [3.05, 3.63) is 75.0 Å². The van der Waals surface area contributed by atoms with Gasteiger partial charge in [0.2, 0.25) is 5.88 Å². The van der Waals surface area contributed by atoms with Crippen LogP contribution in [0.15, 0.2) is 64.6 Å². The Kier molecular flexibility index (Phi) is 6.59. The van der Waals surface area contributed by atoms with Gasteiger partial charge >= 0.3 is 0 Å². The van der Waals surface area contributed by atoms with E-state index in [9.17, 15) is 4.79 Å². The number of benzene rings is 1. The topological polar surface area (TPSA) is 45.7 Å². The average Bonchev–Trinajstić information content (AvgIpc) is 3.12. The second-order valence-corrected chi connectivity index (χ2v) is 8.89. The number of amides is 1. The quantitative estimate of drug-likeness (QED) is 0.522. The summed E-state index contributed by atoms with van der Waals surface area (Å²) in [5, 5.41) is 2.11. The predicted octanol–water partition coefficient (Wildman–Crippen LogP) is 5.05. The van der Waals surface area contributed by atoms with Crippen molar-refractivity contribution >= 4 is 33.2 Å². The molecule has 1 saturated heterocycles. The lowest BCUT2D eigenvalue weighted by Gasteiger charge is -2.21. The predicted molar refractivity (Wildman–Crippen MR) is 119 cm³/mol. The Morgan fingerprint density at radius 3 is 2.79 bits per heavy atom. The lowest BCUT2D eigenvalue weighted by molar-refractivity contribution is 0.0760. The molecule has 0 aliphatic carbocycles. The molecule has 0 bridgehead atoms. The van der Waals surface area contributed by atoms with E-state index in [0.717, 1.165) is 43.6 Å². The molecule has 3 aromatic rings. The fraction of sp³-hybridized carbons (Fsp3) is 0.273. The molecule has 1 fully saturated rings. The number of thiophene rings is 1. The maximum atomic E-state index is 12.9. The van der Waals surface area contributed by atoms with Crippen molar-refractivity contribution in [2.45, 2.75) is 13.0 Å². The van der Waals surface area contributed by atoms with Gasteiger partial charge < -0.3 is 9.64 Å². The molecule has 5 nitrogen and oxygen atoms in total. The maximum absolute atomic E-state index is 12.9. The summed E-state index contributed by atoms with van der Waals surface area (Å²) < 4.78 is 6.69. The number of carbonyl (C=O) groups excluding carboxylic acids is 1. The molecule has 150 valence electrons. The van der Waals surface area contributed by atoms with Crippen LogP contribution in [0, 0.1) is 0 Å². The Morgan fingerprint density at radius 2 is 2.03 bits per heavy atom. The van der Waals surface area contributed by atoms with Crippen LogP contribution in [0.25, 0.3) is 0 Å². The normalized spacial score (nSPS) is 15.1. The molecule has 0 unspecified atom stereocenters. The fourth-order valence-electron chi connectivity index (χ4n) is 3.36. The Balaban J connectivity index is 1.35. The van der Waals surface area contributed by atoms with Crippen LogP contribution < -0.4 is 4.74 Å². The van der Waals surface area contributed by atoms with Gasteiger partial charge in [-0.05, 0) is 42.1 Å². The molecular formula is C22H22BrN3O2S. The highest BCUT2D eigenvalue weighted by molar-refractivity contribution is 9.10. The van der Waals surface area contributed by atoms with Crippen LogP contribution in [-0.2, 0) is 6.54 Å². The van der Waals surface area contributed by atoms with Gasteiger partial charge in [-0.25, -0.2) is 4.98 Å². The molecule has 1 aromatic carbocycles. The molecule has 0 spiro atoms. The summed E-state index contributed by atoms with van der Waals surface area (Å²) >= 11 is 5.21. The van der Waals surface area contributed by atoms with Crippen LogP contribution in [0.1, 0.15) is 21.7 Å². The smallest absolute Gasteiger partial charge is 0.255 e. The lowest BCUT2D eigenvalue weighted by Crippen LogP contribution is -2.35. The summed E-state index contributed by atoms with van der Waals surface area (Å²) in [6.07, 6.45) is 2.58. The van der Waals surface area contributed by atoms with E-state index < -0.39 is 0 Å². The van der Waals surface area contributed by atoms with Crippen LogP contribution in [0.5, 0.6) is 11.6 Å². The Labute approximate surface area is 183 Å². The number of rotatable bonds is 5. The van der Waals surface area contributed by atoms with Crippen molar-refractivity contribution < 1.29 is 9.53 Å². The molecule has 3 heterocycles. The van der Waals surface area contributed by atoms with Crippen molar-refractivity contribution in [3.8, 4) is 11.6 Å². The van der Waals surface area contributed by atoms with Crippen molar-refractivity contribution in [1.29, 1.82) is 0 Å². The van der Waals surface area contributed by atoms with Crippen molar-refractivity contribution in [2.75, 3.05) is 26.2 Å². The van der Waals surface area contributed by atoms with E-state index in [4.69, 9.17) is 4.74 Å². The number of nitrogens with zero attached hydrogens (tertiary/aromatic N) is 3. The van der Waals surface area contributed by atoms with Gasteiger partial charge in [-0.2, -0.15) is 0 Å². The highest BCUT2D eigenvalue weighted by Crippen LogP contribution is 2.23. The molecule has 29 heavy (non-hydrogen) atoms. The summed E-state index contributed by atoms with van der Waals surface area (Å²) in [6, 6.07) is 15.4. The van der Waals surface area contributed by atoms with E-state index in [1.807, 2.05) is 29.2 Å². The minimum atomic E-state index is 0.0319. The number of hydrogen-bond acceptors (Lipinski definition) is 5. The Bertz CT molecular complexity index is 947. The highest BCUT2D eigenvalue weighted by Gasteiger charge is 2.21. The Morgan fingerprint density at radius 1 is 1.10 bits per heavy atom. The van der Waals surface area contributed by atoms with E-state index in [2.05, 4.69) is 43.3 Å². The van der Waals surface area contributed by atoms with Gasteiger partial charge in [-0.3, -0.25) is 9.69 Å². The van der Waals surface area contributed by atoms with Gasteiger partial charge in [0.15, 0.2) is 0 Å². The van der Waals surface area contributed by atoms with E-state index >= 15 is 0 Å². The number of carbonyl (C=O) groups is 1. The lowest BCUT2D eigenvalue weighted by atomic mass is 10.2. The molecular weight excluding hydrogens is 450 g/mol. The zero-order valence-corrected chi connectivity index (χ0v) is 18.4. The minimum absolute atomic E-state index is 0.0319. The summed E-state index contributed by atoms with van der Waals surface area (Å²) in [4.78, 5) is 23.0. The van der Waals surface area contributed by atoms with Gasteiger partial charge in [-0.1, -0.05) is 28.1 Å². The summed E-state index contributed by atoms with van der Waals surface area (Å²) in [7, 11) is 0. The molecule has 1 aliphatic heterocycles. The summed E-state index contributed by atoms with van der Waals surface area (Å²) in [5.74, 6) is 1.20.